The largest absolute Gasteiger partial charge is 0.468 e. The second-order valence-corrected chi connectivity index (χ2v) is 4.09. The summed E-state index contributed by atoms with van der Waals surface area (Å²) in [7, 11) is 1.65. The van der Waals surface area contributed by atoms with E-state index in [1.54, 1.807) is 13.4 Å². The van der Waals surface area contributed by atoms with Gasteiger partial charge in [-0.1, -0.05) is 0 Å². The van der Waals surface area contributed by atoms with Crippen molar-refractivity contribution in [1.82, 2.24) is 5.32 Å². The summed E-state index contributed by atoms with van der Waals surface area (Å²) in [6.45, 7) is 5.77. The first-order valence-electron chi connectivity index (χ1n) is 6.88. The van der Waals surface area contributed by atoms with Gasteiger partial charge in [-0.2, -0.15) is 0 Å². The maximum Gasteiger partial charge on any atom is 0.117 e. The number of hydrogen-bond donors (Lipinski definition) is 1. The molecule has 0 atom stereocenters. The number of nitrogens with one attached hydrogen (secondary N) is 1. The lowest BCUT2D eigenvalue weighted by Crippen LogP contribution is -2.20. The van der Waals surface area contributed by atoms with Gasteiger partial charge in [-0.3, -0.25) is 0 Å². The molecule has 1 aromatic rings. The van der Waals surface area contributed by atoms with E-state index < -0.39 is 0 Å². The van der Waals surface area contributed by atoms with Crippen LogP contribution in [-0.4, -0.2) is 59.9 Å². The van der Waals surface area contributed by atoms with Crippen molar-refractivity contribution >= 4 is 0 Å². The molecular weight excluding hydrogens is 262 g/mol. The fourth-order valence-electron chi connectivity index (χ4n) is 1.45. The Morgan fingerprint density at radius 1 is 0.950 bits per heavy atom. The average Bonchev–Trinajstić information content (AvgIpc) is 2.97. The van der Waals surface area contributed by atoms with Gasteiger partial charge >= 0.3 is 0 Å². The Morgan fingerprint density at radius 2 is 1.60 bits per heavy atom. The third-order valence-electron chi connectivity index (χ3n) is 2.48. The third-order valence-corrected chi connectivity index (χ3v) is 2.48. The first-order chi connectivity index (χ1) is 9.93. The van der Waals surface area contributed by atoms with Crippen LogP contribution < -0.4 is 5.32 Å². The van der Waals surface area contributed by atoms with E-state index in [2.05, 4.69) is 5.32 Å². The van der Waals surface area contributed by atoms with Crippen LogP contribution in [0.5, 0.6) is 0 Å². The maximum atomic E-state index is 5.42. The average molecular weight is 287 g/mol. The van der Waals surface area contributed by atoms with E-state index in [1.807, 2.05) is 12.1 Å². The fourth-order valence-corrected chi connectivity index (χ4v) is 1.45. The Balaban J connectivity index is 1.70. The number of hydrogen-bond acceptors (Lipinski definition) is 6. The molecule has 6 nitrogen and oxygen atoms in total. The van der Waals surface area contributed by atoms with E-state index in [0.29, 0.717) is 46.2 Å². The molecule has 0 unspecified atom stereocenters. The summed E-state index contributed by atoms with van der Waals surface area (Å²) in [6.07, 6.45) is 1.67. The summed E-state index contributed by atoms with van der Waals surface area (Å²) in [5.41, 5.74) is 0. The highest BCUT2D eigenvalue weighted by molar-refractivity contribution is 4.97. The van der Waals surface area contributed by atoms with Gasteiger partial charge in [-0.25, -0.2) is 0 Å². The summed E-state index contributed by atoms with van der Waals surface area (Å²) in [5, 5.41) is 3.23. The highest BCUT2D eigenvalue weighted by atomic mass is 16.6. The van der Waals surface area contributed by atoms with E-state index in [9.17, 15) is 0 Å². The normalized spacial score (nSPS) is 11.1. The molecule has 0 saturated carbocycles. The van der Waals surface area contributed by atoms with E-state index in [0.717, 1.165) is 18.8 Å². The fraction of sp³-hybridized carbons (Fsp3) is 0.714. The molecule has 0 bridgehead atoms. The highest BCUT2D eigenvalue weighted by Gasteiger charge is 1.94. The molecule has 0 aromatic carbocycles. The van der Waals surface area contributed by atoms with Crippen molar-refractivity contribution in [3.8, 4) is 0 Å². The molecule has 1 N–H and O–H groups in total. The zero-order chi connectivity index (χ0) is 14.3. The SMILES string of the molecule is COCCOCCOCCOCCNCc1ccco1. The van der Waals surface area contributed by atoms with Gasteiger partial charge in [-0.05, 0) is 12.1 Å². The van der Waals surface area contributed by atoms with Crippen molar-refractivity contribution in [2.75, 3.05) is 59.9 Å². The minimum atomic E-state index is 0.587. The molecule has 0 aliphatic rings. The summed E-state index contributed by atoms with van der Waals surface area (Å²) in [4.78, 5) is 0. The summed E-state index contributed by atoms with van der Waals surface area (Å²) in [6, 6.07) is 3.82. The Hall–Kier alpha value is -0.920. The van der Waals surface area contributed by atoms with Gasteiger partial charge in [0.2, 0.25) is 0 Å². The minimum absolute atomic E-state index is 0.587. The van der Waals surface area contributed by atoms with Crippen molar-refractivity contribution in [2.45, 2.75) is 6.54 Å². The standard InChI is InChI=1S/C14H25NO5/c1-16-7-8-18-11-12-19-10-9-17-6-4-15-13-14-3-2-5-20-14/h2-3,5,15H,4,6-13H2,1H3. The molecule has 0 amide bonds. The first-order valence-corrected chi connectivity index (χ1v) is 6.88. The lowest BCUT2D eigenvalue weighted by molar-refractivity contribution is 0.00406. The molecule has 0 spiro atoms. The Labute approximate surface area is 120 Å². The van der Waals surface area contributed by atoms with Crippen LogP contribution in [0.1, 0.15) is 5.76 Å². The number of furan rings is 1. The van der Waals surface area contributed by atoms with Crippen molar-refractivity contribution in [3.05, 3.63) is 24.2 Å². The van der Waals surface area contributed by atoms with Gasteiger partial charge in [-0.15, -0.1) is 0 Å². The predicted octanol–water partition coefficient (Wildman–Crippen LogP) is 1.07. The molecule has 0 saturated heterocycles. The van der Waals surface area contributed by atoms with E-state index in [4.69, 9.17) is 23.4 Å². The van der Waals surface area contributed by atoms with Crippen LogP contribution >= 0.6 is 0 Å². The zero-order valence-electron chi connectivity index (χ0n) is 12.1. The highest BCUT2D eigenvalue weighted by Crippen LogP contribution is 1.97. The molecule has 0 aliphatic heterocycles. The monoisotopic (exact) mass is 287 g/mol. The van der Waals surface area contributed by atoms with Gasteiger partial charge in [0.15, 0.2) is 0 Å². The van der Waals surface area contributed by atoms with Crippen LogP contribution in [0.2, 0.25) is 0 Å². The topological polar surface area (TPSA) is 62.1 Å². The van der Waals surface area contributed by atoms with Gasteiger partial charge in [0, 0.05) is 13.7 Å². The molecule has 0 fully saturated rings. The Kier molecular flexibility index (Phi) is 11.2. The van der Waals surface area contributed by atoms with E-state index >= 15 is 0 Å². The van der Waals surface area contributed by atoms with Crippen LogP contribution in [0.15, 0.2) is 22.8 Å². The van der Waals surface area contributed by atoms with Gasteiger partial charge in [0.25, 0.3) is 0 Å². The molecule has 20 heavy (non-hydrogen) atoms. The molecule has 1 rings (SSSR count). The van der Waals surface area contributed by atoms with Crippen molar-refractivity contribution < 1.29 is 23.4 Å². The molecule has 0 aliphatic carbocycles. The van der Waals surface area contributed by atoms with Gasteiger partial charge in [0.05, 0.1) is 59.1 Å². The molecule has 1 heterocycles. The lowest BCUT2D eigenvalue weighted by Gasteiger charge is -2.07. The smallest absolute Gasteiger partial charge is 0.117 e. The zero-order valence-corrected chi connectivity index (χ0v) is 12.1. The Morgan fingerprint density at radius 3 is 2.20 bits per heavy atom. The summed E-state index contributed by atoms with van der Waals surface area (Å²) >= 11 is 0. The number of rotatable bonds is 14. The third kappa shape index (κ3) is 9.94. The second kappa shape index (κ2) is 13.1. The maximum absolute atomic E-state index is 5.42. The van der Waals surface area contributed by atoms with Crippen molar-refractivity contribution in [2.24, 2.45) is 0 Å². The lowest BCUT2D eigenvalue weighted by atomic mass is 10.4. The minimum Gasteiger partial charge on any atom is -0.468 e. The summed E-state index contributed by atoms with van der Waals surface area (Å²) < 4.78 is 26.1. The van der Waals surface area contributed by atoms with Gasteiger partial charge in [0.1, 0.15) is 5.76 Å². The summed E-state index contributed by atoms with van der Waals surface area (Å²) in [5.74, 6) is 0.932. The molecule has 0 radical (unpaired) electrons. The molecular formula is C14H25NO5. The number of methoxy groups -OCH3 is 1. The molecule has 116 valence electrons. The first kappa shape index (κ1) is 17.1. The molecule has 6 heteroatoms. The predicted molar refractivity (Wildman–Crippen MR) is 74.7 cm³/mol. The quantitative estimate of drug-likeness (QED) is 0.516. The Bertz CT molecular complexity index is 292. The number of ether oxygens (including phenoxy) is 4. The molecule has 1 aromatic heterocycles. The van der Waals surface area contributed by atoms with Crippen LogP contribution in [-0.2, 0) is 25.5 Å². The van der Waals surface area contributed by atoms with Crippen molar-refractivity contribution in [3.63, 3.8) is 0 Å². The van der Waals surface area contributed by atoms with E-state index in [-0.39, 0.29) is 0 Å². The second-order valence-electron chi connectivity index (χ2n) is 4.09. The van der Waals surface area contributed by atoms with Crippen molar-refractivity contribution in [1.29, 1.82) is 0 Å². The van der Waals surface area contributed by atoms with Crippen LogP contribution in [0.3, 0.4) is 0 Å². The van der Waals surface area contributed by atoms with E-state index in [1.165, 1.54) is 0 Å². The van der Waals surface area contributed by atoms with Crippen LogP contribution in [0.25, 0.3) is 0 Å². The van der Waals surface area contributed by atoms with Crippen LogP contribution in [0, 0.1) is 0 Å². The van der Waals surface area contributed by atoms with Gasteiger partial charge < -0.3 is 28.7 Å². The van der Waals surface area contributed by atoms with Crippen LogP contribution in [0.4, 0.5) is 0 Å².